The van der Waals surface area contributed by atoms with Crippen LogP contribution in [0, 0.1) is 5.41 Å². The van der Waals surface area contributed by atoms with Crippen molar-refractivity contribution in [1.82, 2.24) is 10.1 Å². The van der Waals surface area contributed by atoms with Crippen LogP contribution in [0.4, 0.5) is 0 Å². The van der Waals surface area contributed by atoms with Crippen molar-refractivity contribution in [3.63, 3.8) is 0 Å². The van der Waals surface area contributed by atoms with E-state index in [4.69, 9.17) is 4.52 Å². The molecule has 0 aliphatic heterocycles. The minimum atomic E-state index is -0.736. The van der Waals surface area contributed by atoms with Crippen molar-refractivity contribution in [2.24, 2.45) is 5.41 Å². The molecule has 1 N–H and O–H groups in total. The molecule has 1 heterocycles. The Bertz CT molecular complexity index is 328. The molecule has 0 aromatic carbocycles. The van der Waals surface area contributed by atoms with Crippen LogP contribution in [0.15, 0.2) is 10.9 Å². The lowest BCUT2D eigenvalue weighted by molar-refractivity contribution is -0.151. The maximum Gasteiger partial charge on any atom is 0.310 e. The van der Waals surface area contributed by atoms with Crippen molar-refractivity contribution in [1.29, 1.82) is 0 Å². The average Bonchev–Trinajstić information content (AvgIpc) is 2.71. The van der Waals surface area contributed by atoms with Crippen LogP contribution in [-0.4, -0.2) is 21.2 Å². The molecular weight excluding hydrogens is 196 g/mol. The monoisotopic (exact) mass is 210 g/mol. The van der Waals surface area contributed by atoms with E-state index in [1.54, 1.807) is 0 Å². The first-order valence-corrected chi connectivity index (χ1v) is 5.22. The molecule has 0 atom stereocenters. The second kappa shape index (κ2) is 4.00. The highest BCUT2D eigenvalue weighted by Gasteiger charge is 2.41. The van der Waals surface area contributed by atoms with Gasteiger partial charge in [0.15, 0.2) is 6.33 Å². The van der Waals surface area contributed by atoms with Gasteiger partial charge >= 0.3 is 5.97 Å². The molecule has 82 valence electrons. The Hall–Kier alpha value is -1.39. The van der Waals surface area contributed by atoms with E-state index in [2.05, 4.69) is 10.1 Å². The highest BCUT2D eigenvalue weighted by molar-refractivity contribution is 5.75. The summed E-state index contributed by atoms with van der Waals surface area (Å²) < 4.78 is 4.89. The number of aromatic nitrogens is 2. The number of carboxylic acid groups (broad SMARTS) is 1. The Balaban J connectivity index is 2.15. The first kappa shape index (κ1) is 10.1. The summed E-state index contributed by atoms with van der Waals surface area (Å²) in [7, 11) is 0. The summed E-state index contributed by atoms with van der Waals surface area (Å²) in [6, 6.07) is 0. The lowest BCUT2D eigenvalue weighted by Crippen LogP contribution is -2.35. The Labute approximate surface area is 87.5 Å². The number of hydrogen-bond acceptors (Lipinski definition) is 4. The Morgan fingerprint density at radius 3 is 2.73 bits per heavy atom. The summed E-state index contributed by atoms with van der Waals surface area (Å²) in [5, 5.41) is 12.8. The van der Waals surface area contributed by atoms with Gasteiger partial charge in [0, 0.05) is 6.42 Å². The van der Waals surface area contributed by atoms with Crippen LogP contribution >= 0.6 is 0 Å². The zero-order chi connectivity index (χ0) is 10.7. The maximum atomic E-state index is 11.3. The zero-order valence-electron chi connectivity index (χ0n) is 8.48. The molecule has 0 spiro atoms. The normalized spacial score (nSPS) is 20.0. The number of nitrogens with zero attached hydrogens (tertiary/aromatic N) is 2. The van der Waals surface area contributed by atoms with Gasteiger partial charge in [-0.3, -0.25) is 4.79 Å². The standard InChI is InChI=1S/C10H14N2O3/c13-9(14)10(4-2-1-3-5-10)6-8-11-7-12-15-8/h7H,1-6H2,(H,13,14). The van der Waals surface area contributed by atoms with Crippen LogP contribution in [0.5, 0.6) is 0 Å². The van der Waals surface area contributed by atoms with Gasteiger partial charge in [-0.1, -0.05) is 24.4 Å². The third-order valence-electron chi connectivity index (χ3n) is 3.16. The Morgan fingerprint density at radius 2 is 2.20 bits per heavy atom. The van der Waals surface area contributed by atoms with Crippen molar-refractivity contribution in [3.05, 3.63) is 12.2 Å². The molecule has 0 amide bonds. The average molecular weight is 210 g/mol. The predicted octanol–water partition coefficient (Wildman–Crippen LogP) is 1.65. The van der Waals surface area contributed by atoms with Crippen LogP contribution < -0.4 is 0 Å². The largest absolute Gasteiger partial charge is 0.481 e. The topological polar surface area (TPSA) is 76.2 Å². The van der Waals surface area contributed by atoms with Crippen molar-refractivity contribution in [3.8, 4) is 0 Å². The third kappa shape index (κ3) is 2.00. The molecule has 1 aromatic heterocycles. The molecule has 0 radical (unpaired) electrons. The summed E-state index contributed by atoms with van der Waals surface area (Å²) in [6.45, 7) is 0. The van der Waals surface area contributed by atoms with E-state index in [1.807, 2.05) is 0 Å². The lowest BCUT2D eigenvalue weighted by atomic mass is 9.72. The van der Waals surface area contributed by atoms with Crippen molar-refractivity contribution in [2.75, 3.05) is 0 Å². The van der Waals surface area contributed by atoms with E-state index in [0.29, 0.717) is 25.2 Å². The first-order chi connectivity index (χ1) is 7.23. The van der Waals surface area contributed by atoms with Gasteiger partial charge in [0.25, 0.3) is 0 Å². The second-order valence-corrected chi connectivity index (χ2v) is 4.16. The predicted molar refractivity (Wildman–Crippen MR) is 51.2 cm³/mol. The number of rotatable bonds is 3. The fourth-order valence-electron chi connectivity index (χ4n) is 2.26. The Kier molecular flexibility index (Phi) is 2.70. The van der Waals surface area contributed by atoms with Gasteiger partial charge in [-0.05, 0) is 12.8 Å². The van der Waals surface area contributed by atoms with Crippen molar-refractivity contribution >= 4 is 5.97 Å². The summed E-state index contributed by atoms with van der Waals surface area (Å²) >= 11 is 0. The molecule has 15 heavy (non-hydrogen) atoms. The number of carboxylic acids is 1. The van der Waals surface area contributed by atoms with E-state index in [1.165, 1.54) is 6.33 Å². The van der Waals surface area contributed by atoms with E-state index >= 15 is 0 Å². The van der Waals surface area contributed by atoms with E-state index in [9.17, 15) is 9.90 Å². The van der Waals surface area contributed by atoms with Crippen LogP contribution in [0.2, 0.25) is 0 Å². The van der Waals surface area contributed by atoms with Crippen LogP contribution in [0.25, 0.3) is 0 Å². The second-order valence-electron chi connectivity index (χ2n) is 4.16. The minimum Gasteiger partial charge on any atom is -0.481 e. The molecule has 1 fully saturated rings. The molecule has 5 heteroatoms. The summed E-state index contributed by atoms with van der Waals surface area (Å²) in [6.07, 6.45) is 6.17. The molecule has 2 rings (SSSR count). The van der Waals surface area contributed by atoms with Gasteiger partial charge < -0.3 is 9.63 Å². The molecule has 5 nitrogen and oxygen atoms in total. The van der Waals surface area contributed by atoms with E-state index < -0.39 is 11.4 Å². The smallest absolute Gasteiger partial charge is 0.310 e. The first-order valence-electron chi connectivity index (χ1n) is 5.22. The van der Waals surface area contributed by atoms with Gasteiger partial charge in [0.1, 0.15) is 0 Å². The number of hydrogen-bond donors (Lipinski definition) is 1. The maximum absolute atomic E-state index is 11.3. The SMILES string of the molecule is O=C(O)C1(Cc2ncno2)CCCCC1. The summed E-state index contributed by atoms with van der Waals surface area (Å²) in [5.74, 6) is -0.306. The molecular formula is C10H14N2O3. The lowest BCUT2D eigenvalue weighted by Gasteiger charge is -2.31. The van der Waals surface area contributed by atoms with Gasteiger partial charge in [0.05, 0.1) is 5.41 Å². The fourth-order valence-corrected chi connectivity index (χ4v) is 2.26. The highest BCUT2D eigenvalue weighted by Crippen LogP contribution is 2.39. The molecule has 0 bridgehead atoms. The van der Waals surface area contributed by atoms with Crippen molar-refractivity contribution < 1.29 is 14.4 Å². The summed E-state index contributed by atoms with van der Waals surface area (Å²) in [4.78, 5) is 15.2. The molecule has 1 aromatic rings. The van der Waals surface area contributed by atoms with Gasteiger partial charge in [-0.2, -0.15) is 4.98 Å². The van der Waals surface area contributed by atoms with Crippen LogP contribution in [-0.2, 0) is 11.2 Å². The zero-order valence-corrected chi connectivity index (χ0v) is 8.48. The third-order valence-corrected chi connectivity index (χ3v) is 3.16. The van der Waals surface area contributed by atoms with E-state index in [-0.39, 0.29) is 0 Å². The van der Waals surface area contributed by atoms with Gasteiger partial charge in [0.2, 0.25) is 5.89 Å². The van der Waals surface area contributed by atoms with Crippen LogP contribution in [0.1, 0.15) is 38.0 Å². The minimum absolute atomic E-state index is 0.363. The summed E-state index contributed by atoms with van der Waals surface area (Å²) in [5.41, 5.74) is -0.676. The molecule has 0 saturated heterocycles. The fraction of sp³-hybridized carbons (Fsp3) is 0.700. The number of aliphatic carboxylic acids is 1. The van der Waals surface area contributed by atoms with Gasteiger partial charge in [-0.15, -0.1) is 0 Å². The molecule has 1 aliphatic rings. The van der Waals surface area contributed by atoms with Gasteiger partial charge in [-0.25, -0.2) is 0 Å². The molecule has 1 aliphatic carbocycles. The van der Waals surface area contributed by atoms with Crippen molar-refractivity contribution in [2.45, 2.75) is 38.5 Å². The van der Waals surface area contributed by atoms with E-state index in [0.717, 1.165) is 19.3 Å². The molecule has 1 saturated carbocycles. The van der Waals surface area contributed by atoms with Crippen LogP contribution in [0.3, 0.4) is 0 Å². The molecule has 0 unspecified atom stereocenters. The Morgan fingerprint density at radius 1 is 1.47 bits per heavy atom. The quantitative estimate of drug-likeness (QED) is 0.820. The highest BCUT2D eigenvalue weighted by atomic mass is 16.5. The number of carbonyl (C=O) groups is 1.